The van der Waals surface area contributed by atoms with Gasteiger partial charge in [-0.15, -0.1) is 0 Å². The van der Waals surface area contributed by atoms with Gasteiger partial charge in [-0.3, -0.25) is 0 Å². The van der Waals surface area contributed by atoms with Crippen molar-refractivity contribution in [3.8, 4) is 0 Å². The third kappa shape index (κ3) is 1.70. The Labute approximate surface area is 62.2 Å². The number of rotatable bonds is 1. The molecule has 1 aliphatic carbocycles. The molecule has 0 aromatic heterocycles. The smallest absolute Gasteiger partial charge is 0.0596 e. The minimum absolute atomic E-state index is 0.140. The topological polar surface area (TPSA) is 29.5 Å². The second kappa shape index (κ2) is 3.35. The van der Waals surface area contributed by atoms with Crippen molar-refractivity contribution in [1.29, 1.82) is 0 Å². The first-order valence-corrected chi connectivity index (χ1v) is 3.95. The molecule has 2 nitrogen and oxygen atoms in total. The Bertz CT molecular complexity index is 103. The second-order valence-electron chi connectivity index (χ2n) is 3.22. The Morgan fingerprint density at radius 2 is 2.10 bits per heavy atom. The summed E-state index contributed by atoms with van der Waals surface area (Å²) in [6.07, 6.45) is 3.18. The number of ether oxygens (including phenoxy) is 1. The van der Waals surface area contributed by atoms with Crippen molar-refractivity contribution in [3.05, 3.63) is 0 Å². The van der Waals surface area contributed by atoms with Crippen molar-refractivity contribution in [2.75, 3.05) is 7.11 Å². The largest absolute Gasteiger partial charge is 0.393 e. The summed E-state index contributed by atoms with van der Waals surface area (Å²) in [6.45, 7) is 2.09. The van der Waals surface area contributed by atoms with E-state index in [4.69, 9.17) is 4.74 Å². The van der Waals surface area contributed by atoms with Crippen LogP contribution >= 0.6 is 0 Å². The fourth-order valence-electron chi connectivity index (χ4n) is 1.47. The zero-order valence-electron chi connectivity index (χ0n) is 6.71. The first-order chi connectivity index (χ1) is 4.74. The first kappa shape index (κ1) is 8.02. The lowest BCUT2D eigenvalue weighted by Gasteiger charge is -2.29. The Kier molecular flexibility index (Phi) is 2.69. The van der Waals surface area contributed by atoms with Gasteiger partial charge in [0, 0.05) is 7.11 Å². The predicted octanol–water partition coefficient (Wildman–Crippen LogP) is 1.18. The molecule has 1 fully saturated rings. The summed E-state index contributed by atoms with van der Waals surface area (Å²) in [5.74, 6) is 0.464. The van der Waals surface area contributed by atoms with E-state index in [1.54, 1.807) is 7.11 Å². The number of aliphatic hydroxyl groups excluding tert-OH is 1. The van der Waals surface area contributed by atoms with Crippen LogP contribution in [-0.2, 0) is 4.74 Å². The Balaban J connectivity index is 2.33. The molecule has 1 aliphatic rings. The van der Waals surface area contributed by atoms with Crippen molar-refractivity contribution in [1.82, 2.24) is 0 Å². The molecule has 1 N–H and O–H groups in total. The van der Waals surface area contributed by atoms with Crippen LogP contribution in [0.1, 0.15) is 26.2 Å². The van der Waals surface area contributed by atoms with E-state index in [2.05, 4.69) is 6.92 Å². The van der Waals surface area contributed by atoms with Gasteiger partial charge in [0.25, 0.3) is 0 Å². The summed E-state index contributed by atoms with van der Waals surface area (Å²) in [6, 6.07) is 0. The molecule has 0 aliphatic heterocycles. The van der Waals surface area contributed by atoms with E-state index in [0.29, 0.717) is 12.0 Å². The van der Waals surface area contributed by atoms with E-state index in [-0.39, 0.29) is 6.10 Å². The molecule has 60 valence electrons. The van der Waals surface area contributed by atoms with Crippen LogP contribution in [0.25, 0.3) is 0 Å². The van der Waals surface area contributed by atoms with Gasteiger partial charge < -0.3 is 9.84 Å². The van der Waals surface area contributed by atoms with Crippen LogP contribution in [0, 0.1) is 5.92 Å². The highest BCUT2D eigenvalue weighted by Gasteiger charge is 2.25. The lowest BCUT2D eigenvalue weighted by Crippen LogP contribution is -2.31. The summed E-state index contributed by atoms with van der Waals surface area (Å²) in [5, 5.41) is 9.40. The fourth-order valence-corrected chi connectivity index (χ4v) is 1.47. The van der Waals surface area contributed by atoms with Gasteiger partial charge in [-0.05, 0) is 25.2 Å². The van der Waals surface area contributed by atoms with Gasteiger partial charge in [0.15, 0.2) is 0 Å². The van der Waals surface area contributed by atoms with Crippen molar-refractivity contribution in [3.63, 3.8) is 0 Å². The average Bonchev–Trinajstić information content (AvgIpc) is 1.95. The fraction of sp³-hybridized carbons (Fsp3) is 1.00. The maximum absolute atomic E-state index is 9.40. The molecule has 3 unspecified atom stereocenters. The molecule has 1 rings (SSSR count). The average molecular weight is 144 g/mol. The van der Waals surface area contributed by atoms with Crippen LogP contribution in [-0.4, -0.2) is 24.4 Å². The third-order valence-corrected chi connectivity index (χ3v) is 2.44. The van der Waals surface area contributed by atoms with Crippen molar-refractivity contribution in [2.24, 2.45) is 5.92 Å². The monoisotopic (exact) mass is 144 g/mol. The lowest BCUT2D eigenvalue weighted by molar-refractivity contribution is -0.0147. The number of hydrogen-bond donors (Lipinski definition) is 1. The maximum Gasteiger partial charge on any atom is 0.0596 e. The highest BCUT2D eigenvalue weighted by Crippen LogP contribution is 2.25. The highest BCUT2D eigenvalue weighted by molar-refractivity contribution is 4.76. The first-order valence-electron chi connectivity index (χ1n) is 3.95. The van der Waals surface area contributed by atoms with Gasteiger partial charge in [-0.1, -0.05) is 6.92 Å². The summed E-state index contributed by atoms with van der Waals surface area (Å²) in [5.41, 5.74) is 0. The summed E-state index contributed by atoms with van der Waals surface area (Å²) >= 11 is 0. The van der Waals surface area contributed by atoms with Gasteiger partial charge in [0.05, 0.1) is 12.2 Å². The van der Waals surface area contributed by atoms with E-state index < -0.39 is 0 Å². The van der Waals surface area contributed by atoms with Crippen LogP contribution in [0.15, 0.2) is 0 Å². The lowest BCUT2D eigenvalue weighted by atomic mass is 9.86. The minimum atomic E-state index is -0.140. The van der Waals surface area contributed by atoms with Crippen molar-refractivity contribution in [2.45, 2.75) is 38.4 Å². The molecule has 0 aromatic carbocycles. The molecule has 0 heterocycles. The number of methoxy groups -OCH3 is 1. The zero-order chi connectivity index (χ0) is 7.56. The third-order valence-electron chi connectivity index (χ3n) is 2.44. The Morgan fingerprint density at radius 3 is 2.60 bits per heavy atom. The van der Waals surface area contributed by atoms with E-state index in [1.165, 1.54) is 0 Å². The SMILES string of the molecule is COC1CCC(C)C(O)C1. The van der Waals surface area contributed by atoms with Gasteiger partial charge in [-0.2, -0.15) is 0 Å². The van der Waals surface area contributed by atoms with Gasteiger partial charge in [0.2, 0.25) is 0 Å². The van der Waals surface area contributed by atoms with Crippen LogP contribution < -0.4 is 0 Å². The van der Waals surface area contributed by atoms with Crippen LogP contribution in [0.3, 0.4) is 0 Å². The van der Waals surface area contributed by atoms with Crippen LogP contribution in [0.4, 0.5) is 0 Å². The van der Waals surface area contributed by atoms with E-state index in [9.17, 15) is 5.11 Å². The number of aliphatic hydroxyl groups is 1. The summed E-state index contributed by atoms with van der Waals surface area (Å²) < 4.78 is 5.15. The van der Waals surface area contributed by atoms with E-state index in [1.807, 2.05) is 0 Å². The molecule has 0 spiro atoms. The maximum atomic E-state index is 9.40. The van der Waals surface area contributed by atoms with Crippen molar-refractivity contribution >= 4 is 0 Å². The molecule has 10 heavy (non-hydrogen) atoms. The minimum Gasteiger partial charge on any atom is -0.393 e. The van der Waals surface area contributed by atoms with Crippen LogP contribution in [0.2, 0.25) is 0 Å². The standard InChI is InChI=1S/C8H16O2/c1-6-3-4-7(10-2)5-8(6)9/h6-9H,3-5H2,1-2H3. The van der Waals surface area contributed by atoms with Crippen molar-refractivity contribution < 1.29 is 9.84 Å². The normalized spacial score (nSPS) is 41.7. The molecule has 0 amide bonds. The molecule has 0 aromatic rings. The molecular weight excluding hydrogens is 128 g/mol. The summed E-state index contributed by atoms with van der Waals surface area (Å²) in [7, 11) is 1.72. The van der Waals surface area contributed by atoms with E-state index in [0.717, 1.165) is 19.3 Å². The Morgan fingerprint density at radius 1 is 1.40 bits per heavy atom. The molecule has 1 saturated carbocycles. The van der Waals surface area contributed by atoms with Gasteiger partial charge >= 0.3 is 0 Å². The van der Waals surface area contributed by atoms with Crippen LogP contribution in [0.5, 0.6) is 0 Å². The van der Waals surface area contributed by atoms with E-state index >= 15 is 0 Å². The number of hydrogen-bond acceptors (Lipinski definition) is 2. The predicted molar refractivity (Wildman–Crippen MR) is 39.8 cm³/mol. The molecule has 3 atom stereocenters. The van der Waals surface area contributed by atoms with Gasteiger partial charge in [0.1, 0.15) is 0 Å². The van der Waals surface area contributed by atoms with Gasteiger partial charge in [-0.25, -0.2) is 0 Å². The summed E-state index contributed by atoms with van der Waals surface area (Å²) in [4.78, 5) is 0. The molecular formula is C8H16O2. The zero-order valence-corrected chi connectivity index (χ0v) is 6.71. The molecule has 2 heteroatoms. The molecule has 0 bridgehead atoms. The molecule has 0 radical (unpaired) electrons. The quantitative estimate of drug-likeness (QED) is 0.599. The Hall–Kier alpha value is -0.0800. The highest BCUT2D eigenvalue weighted by atomic mass is 16.5. The second-order valence-corrected chi connectivity index (χ2v) is 3.22. The molecule has 0 saturated heterocycles.